The van der Waals surface area contributed by atoms with E-state index < -0.39 is 23.6 Å². The van der Waals surface area contributed by atoms with E-state index in [9.17, 15) is 15.0 Å². The molecule has 2 N–H and O–H groups in total. The second-order valence-corrected chi connectivity index (χ2v) is 16.5. The van der Waals surface area contributed by atoms with Crippen molar-refractivity contribution in [2.75, 3.05) is 0 Å². The molecular formula is C32H50O6. The molecule has 6 heteroatoms. The van der Waals surface area contributed by atoms with Gasteiger partial charge in [0.2, 0.25) is 0 Å². The Balaban J connectivity index is 1.30. The first kappa shape index (κ1) is 26.2. The number of aliphatic hydroxyl groups excluding tert-OH is 2. The third-order valence-corrected chi connectivity index (χ3v) is 14.6. The number of fused-ring (bicyclic) bond motifs is 4. The number of esters is 1. The predicted molar refractivity (Wildman–Crippen MR) is 142 cm³/mol. The highest BCUT2D eigenvalue weighted by molar-refractivity contribution is 5.66. The van der Waals surface area contributed by atoms with E-state index in [1.807, 2.05) is 13.8 Å². The summed E-state index contributed by atoms with van der Waals surface area (Å²) >= 11 is 0. The molecule has 0 radical (unpaired) electrons. The van der Waals surface area contributed by atoms with Crippen molar-refractivity contribution in [3.05, 3.63) is 0 Å². The van der Waals surface area contributed by atoms with Gasteiger partial charge in [-0.3, -0.25) is 4.79 Å². The molecule has 2 aliphatic heterocycles. The number of ether oxygens (including phenoxy) is 3. The van der Waals surface area contributed by atoms with Crippen LogP contribution in [0.3, 0.4) is 0 Å². The average Bonchev–Trinajstić information content (AvgIpc) is 3.33. The Kier molecular flexibility index (Phi) is 4.97. The molecule has 5 saturated carbocycles. The van der Waals surface area contributed by atoms with Gasteiger partial charge in [0.05, 0.1) is 12.2 Å². The number of hydrogen-bond acceptors (Lipinski definition) is 6. The van der Waals surface area contributed by atoms with E-state index in [-0.39, 0.29) is 45.8 Å². The molecule has 13 unspecified atom stereocenters. The molecular weight excluding hydrogens is 480 g/mol. The Morgan fingerprint density at radius 1 is 0.947 bits per heavy atom. The zero-order chi connectivity index (χ0) is 27.5. The first-order chi connectivity index (χ1) is 17.5. The lowest BCUT2D eigenvalue weighted by atomic mass is 9.41. The van der Waals surface area contributed by atoms with E-state index >= 15 is 0 Å². The van der Waals surface area contributed by atoms with Crippen LogP contribution in [0.15, 0.2) is 0 Å². The zero-order valence-electron chi connectivity index (χ0n) is 24.8. The summed E-state index contributed by atoms with van der Waals surface area (Å²) in [4.78, 5) is 12.0. The summed E-state index contributed by atoms with van der Waals surface area (Å²) in [5.41, 5.74) is -0.756. The summed E-state index contributed by atoms with van der Waals surface area (Å²) < 4.78 is 19.6. The summed E-state index contributed by atoms with van der Waals surface area (Å²) in [5, 5.41) is 23.6. The van der Waals surface area contributed by atoms with Crippen LogP contribution in [-0.4, -0.2) is 52.0 Å². The van der Waals surface area contributed by atoms with Gasteiger partial charge in [-0.25, -0.2) is 0 Å². The van der Waals surface area contributed by atoms with Crippen LogP contribution < -0.4 is 0 Å². The third-order valence-electron chi connectivity index (χ3n) is 14.6. The minimum atomic E-state index is -1.06. The van der Waals surface area contributed by atoms with Gasteiger partial charge in [0.25, 0.3) is 0 Å². The van der Waals surface area contributed by atoms with E-state index in [0.717, 1.165) is 38.5 Å². The molecule has 0 aromatic rings. The van der Waals surface area contributed by atoms with E-state index in [0.29, 0.717) is 23.2 Å². The van der Waals surface area contributed by atoms with Crippen LogP contribution in [0.5, 0.6) is 0 Å². The van der Waals surface area contributed by atoms with Gasteiger partial charge in [-0.2, -0.15) is 0 Å². The third kappa shape index (κ3) is 2.61. The number of hydrogen-bond donors (Lipinski definition) is 2. The Morgan fingerprint density at radius 2 is 1.61 bits per heavy atom. The maximum Gasteiger partial charge on any atom is 0.303 e. The Labute approximate surface area is 228 Å². The maximum absolute atomic E-state index is 12.6. The Morgan fingerprint density at radius 3 is 2.29 bits per heavy atom. The van der Waals surface area contributed by atoms with E-state index in [2.05, 4.69) is 34.6 Å². The number of rotatable bonds is 2. The quantitative estimate of drug-likeness (QED) is 0.476. The lowest BCUT2D eigenvalue weighted by Crippen LogP contribution is -2.60. The molecule has 13 atom stereocenters. The number of carbonyl (C=O) groups is 1. The summed E-state index contributed by atoms with van der Waals surface area (Å²) in [5.74, 6) is 0.0392. The van der Waals surface area contributed by atoms with Crippen molar-refractivity contribution in [1.29, 1.82) is 0 Å². The monoisotopic (exact) mass is 530 g/mol. The molecule has 2 bridgehead atoms. The summed E-state index contributed by atoms with van der Waals surface area (Å²) in [6, 6.07) is 0. The van der Waals surface area contributed by atoms with E-state index in [4.69, 9.17) is 14.2 Å². The van der Waals surface area contributed by atoms with E-state index in [1.54, 1.807) is 0 Å². The molecule has 2 heterocycles. The van der Waals surface area contributed by atoms with Gasteiger partial charge in [0.15, 0.2) is 5.79 Å². The highest BCUT2D eigenvalue weighted by Crippen LogP contribution is 2.90. The van der Waals surface area contributed by atoms with Crippen LogP contribution in [0.1, 0.15) is 107 Å². The molecule has 0 aromatic heterocycles. The fourth-order valence-corrected chi connectivity index (χ4v) is 13.1. The molecule has 6 nitrogen and oxygen atoms in total. The molecule has 214 valence electrons. The van der Waals surface area contributed by atoms with Crippen molar-refractivity contribution in [2.45, 2.75) is 143 Å². The SMILES string of the molecule is CC(=O)OC(C)(C)C1OC23OC1CC(C)C2C1(C)CCC24CC25CCC(O)C(C)(C)C5CCC4C1(C)C3O. The summed E-state index contributed by atoms with van der Waals surface area (Å²) in [7, 11) is 0. The molecule has 2 saturated heterocycles. The van der Waals surface area contributed by atoms with Gasteiger partial charge in [-0.15, -0.1) is 0 Å². The predicted octanol–water partition coefficient (Wildman–Crippen LogP) is 5.23. The van der Waals surface area contributed by atoms with Crippen molar-refractivity contribution in [3.8, 4) is 0 Å². The highest BCUT2D eigenvalue weighted by atomic mass is 16.8. The normalized spacial score (nSPS) is 59.6. The fraction of sp³-hybridized carbons (Fsp3) is 0.969. The van der Waals surface area contributed by atoms with Crippen molar-refractivity contribution in [3.63, 3.8) is 0 Å². The second-order valence-electron chi connectivity index (χ2n) is 16.5. The van der Waals surface area contributed by atoms with Gasteiger partial charge < -0.3 is 24.4 Å². The van der Waals surface area contributed by atoms with Gasteiger partial charge in [0.1, 0.15) is 17.8 Å². The first-order valence-electron chi connectivity index (χ1n) is 15.4. The van der Waals surface area contributed by atoms with Gasteiger partial charge in [-0.1, -0.05) is 34.6 Å². The minimum absolute atomic E-state index is 0.0513. The summed E-state index contributed by atoms with van der Waals surface area (Å²) in [6.07, 6.45) is 7.12. The van der Waals surface area contributed by atoms with Crippen molar-refractivity contribution in [2.24, 2.45) is 50.7 Å². The van der Waals surface area contributed by atoms with Gasteiger partial charge >= 0.3 is 5.97 Å². The van der Waals surface area contributed by atoms with Crippen LogP contribution in [0.25, 0.3) is 0 Å². The molecule has 38 heavy (non-hydrogen) atoms. The van der Waals surface area contributed by atoms with Gasteiger partial charge in [-0.05, 0) is 105 Å². The van der Waals surface area contributed by atoms with Crippen LogP contribution in [0, 0.1) is 50.7 Å². The Hall–Kier alpha value is -0.690. The lowest BCUT2D eigenvalue weighted by molar-refractivity contribution is -0.283. The molecule has 3 spiro atoms. The molecule has 0 amide bonds. The van der Waals surface area contributed by atoms with Crippen LogP contribution >= 0.6 is 0 Å². The van der Waals surface area contributed by atoms with Crippen LogP contribution in [0.2, 0.25) is 0 Å². The Bertz CT molecular complexity index is 1070. The highest BCUT2D eigenvalue weighted by Gasteiger charge is 2.88. The topological polar surface area (TPSA) is 85.2 Å². The molecule has 5 aliphatic carbocycles. The minimum Gasteiger partial charge on any atom is -0.457 e. The van der Waals surface area contributed by atoms with Crippen molar-refractivity contribution in [1.82, 2.24) is 0 Å². The molecule has 0 aromatic carbocycles. The molecule has 7 fully saturated rings. The molecule has 7 aliphatic rings. The first-order valence-corrected chi connectivity index (χ1v) is 15.4. The number of aliphatic hydroxyl groups is 2. The van der Waals surface area contributed by atoms with Crippen LogP contribution in [0.4, 0.5) is 0 Å². The molecule has 7 rings (SSSR count). The fourth-order valence-electron chi connectivity index (χ4n) is 13.1. The lowest BCUT2D eigenvalue weighted by Gasteiger charge is -2.63. The average molecular weight is 531 g/mol. The smallest absolute Gasteiger partial charge is 0.303 e. The standard InChI is InChI=1S/C32H50O6/c1-17-15-19-24(27(5,6)36-18(2)33)38-32(37-19)23(17)28(7)13-14-31-16-30(31)12-11-22(34)26(3,4)20(30)9-10-21(31)29(28,8)25(32)35/h17,19-25,34-35H,9-16H2,1-8H3. The number of carbonyl (C=O) groups excluding carboxylic acids is 1. The van der Waals surface area contributed by atoms with Crippen LogP contribution in [-0.2, 0) is 19.0 Å². The summed E-state index contributed by atoms with van der Waals surface area (Å²) in [6.45, 7) is 17.0. The second kappa shape index (κ2) is 7.20. The van der Waals surface area contributed by atoms with E-state index in [1.165, 1.54) is 19.8 Å². The van der Waals surface area contributed by atoms with Crippen molar-refractivity contribution >= 4 is 5.97 Å². The zero-order valence-corrected chi connectivity index (χ0v) is 24.8. The van der Waals surface area contributed by atoms with Crippen molar-refractivity contribution < 1.29 is 29.2 Å². The largest absolute Gasteiger partial charge is 0.457 e. The van der Waals surface area contributed by atoms with Gasteiger partial charge in [0, 0.05) is 18.3 Å². The maximum atomic E-state index is 12.6.